The Hall–Kier alpha value is -1.46. The molecule has 0 saturated carbocycles. The Morgan fingerprint density at radius 1 is 1.29 bits per heavy atom. The first-order valence-corrected chi connectivity index (χ1v) is 8.01. The lowest BCUT2D eigenvalue weighted by Gasteiger charge is -2.23. The molecule has 2 aliphatic rings. The van der Waals surface area contributed by atoms with Crippen LogP contribution < -0.4 is 5.32 Å². The Kier molecular flexibility index (Phi) is 3.61. The molecule has 2 aliphatic heterocycles. The Bertz CT molecular complexity index is 612. The number of pyridine rings is 1. The van der Waals surface area contributed by atoms with E-state index in [1.807, 2.05) is 12.3 Å². The van der Waals surface area contributed by atoms with Crippen molar-refractivity contribution in [2.45, 2.75) is 31.7 Å². The van der Waals surface area contributed by atoms with Crippen molar-refractivity contribution in [2.24, 2.45) is 5.92 Å². The molecule has 0 spiro atoms. The van der Waals surface area contributed by atoms with Crippen LogP contribution in [0.3, 0.4) is 0 Å². The zero-order valence-electron chi connectivity index (χ0n) is 12.3. The molecule has 0 aromatic carbocycles. The molecule has 2 aromatic heterocycles. The van der Waals surface area contributed by atoms with E-state index in [1.165, 1.54) is 18.7 Å². The molecule has 1 N–H and O–H groups in total. The van der Waals surface area contributed by atoms with Crippen molar-refractivity contribution in [3.63, 3.8) is 0 Å². The van der Waals surface area contributed by atoms with Crippen LogP contribution in [0.5, 0.6) is 0 Å². The fourth-order valence-electron chi connectivity index (χ4n) is 3.53. The molecule has 0 radical (unpaired) electrons. The smallest absolute Gasteiger partial charge is 0.160 e. The molecule has 0 bridgehead atoms. The normalized spacial score (nSPS) is 23.9. The van der Waals surface area contributed by atoms with Gasteiger partial charge in [-0.3, -0.25) is 0 Å². The second kappa shape index (κ2) is 5.73. The fourth-order valence-corrected chi connectivity index (χ4v) is 3.53. The van der Waals surface area contributed by atoms with Gasteiger partial charge in [-0.05, 0) is 44.5 Å². The van der Waals surface area contributed by atoms with Gasteiger partial charge in [0.05, 0.1) is 6.61 Å². The highest BCUT2D eigenvalue weighted by molar-refractivity contribution is 5.71. The van der Waals surface area contributed by atoms with Crippen molar-refractivity contribution < 1.29 is 4.74 Å². The lowest BCUT2D eigenvalue weighted by molar-refractivity contribution is 0.182. The molecule has 5 nitrogen and oxygen atoms in total. The summed E-state index contributed by atoms with van der Waals surface area (Å²) < 4.78 is 7.90. The number of nitrogens with one attached hydrogen (secondary N) is 1. The van der Waals surface area contributed by atoms with Gasteiger partial charge >= 0.3 is 0 Å². The van der Waals surface area contributed by atoms with E-state index in [2.05, 4.69) is 20.9 Å². The van der Waals surface area contributed by atoms with Gasteiger partial charge in [-0.1, -0.05) is 0 Å². The summed E-state index contributed by atoms with van der Waals surface area (Å²) in [5.41, 5.74) is 2.07. The fraction of sp³-hybridized carbons (Fsp3) is 0.625. The van der Waals surface area contributed by atoms with Crippen molar-refractivity contribution in [3.8, 4) is 0 Å². The molecular formula is C16H22N4O. The van der Waals surface area contributed by atoms with Crippen LogP contribution in [0.1, 0.15) is 31.0 Å². The monoisotopic (exact) mass is 286 g/mol. The Balaban J connectivity index is 1.72. The van der Waals surface area contributed by atoms with Crippen LogP contribution in [0.4, 0.5) is 0 Å². The molecule has 2 saturated heterocycles. The van der Waals surface area contributed by atoms with E-state index in [0.717, 1.165) is 50.4 Å². The van der Waals surface area contributed by atoms with Gasteiger partial charge in [0.25, 0.3) is 0 Å². The second-order valence-corrected chi connectivity index (χ2v) is 6.18. The third-order valence-electron chi connectivity index (χ3n) is 4.70. The first kappa shape index (κ1) is 13.2. The highest BCUT2D eigenvalue weighted by Crippen LogP contribution is 2.29. The number of imidazole rings is 1. The van der Waals surface area contributed by atoms with E-state index in [9.17, 15) is 0 Å². The van der Waals surface area contributed by atoms with Crippen LogP contribution in [0.25, 0.3) is 11.2 Å². The maximum absolute atomic E-state index is 5.54. The lowest BCUT2D eigenvalue weighted by atomic mass is 9.97. The van der Waals surface area contributed by atoms with Crippen LogP contribution in [0, 0.1) is 5.92 Å². The minimum absolute atomic E-state index is 0.558. The van der Waals surface area contributed by atoms with Crippen molar-refractivity contribution in [1.82, 2.24) is 19.9 Å². The van der Waals surface area contributed by atoms with E-state index in [-0.39, 0.29) is 0 Å². The molecule has 5 heteroatoms. The van der Waals surface area contributed by atoms with Crippen LogP contribution >= 0.6 is 0 Å². The third-order valence-corrected chi connectivity index (χ3v) is 4.70. The van der Waals surface area contributed by atoms with E-state index in [0.29, 0.717) is 11.8 Å². The van der Waals surface area contributed by atoms with Crippen molar-refractivity contribution in [2.75, 3.05) is 26.3 Å². The van der Waals surface area contributed by atoms with Gasteiger partial charge < -0.3 is 14.6 Å². The van der Waals surface area contributed by atoms with Crippen LogP contribution in [0.2, 0.25) is 0 Å². The lowest BCUT2D eigenvalue weighted by Crippen LogP contribution is -2.28. The number of hydrogen-bond donors (Lipinski definition) is 1. The molecule has 4 heterocycles. The van der Waals surface area contributed by atoms with E-state index in [1.54, 1.807) is 0 Å². The van der Waals surface area contributed by atoms with Gasteiger partial charge in [0.2, 0.25) is 0 Å². The minimum Gasteiger partial charge on any atom is -0.381 e. The zero-order valence-corrected chi connectivity index (χ0v) is 12.3. The van der Waals surface area contributed by atoms with Crippen LogP contribution in [-0.4, -0.2) is 40.8 Å². The molecular weight excluding hydrogens is 264 g/mol. The number of fused-ring (bicyclic) bond motifs is 1. The molecule has 2 fully saturated rings. The van der Waals surface area contributed by atoms with Gasteiger partial charge in [-0.25, -0.2) is 9.97 Å². The summed E-state index contributed by atoms with van der Waals surface area (Å²) >= 11 is 0. The number of nitrogens with zero attached hydrogens (tertiary/aromatic N) is 3. The largest absolute Gasteiger partial charge is 0.381 e. The number of aromatic nitrogens is 3. The Morgan fingerprint density at radius 2 is 2.19 bits per heavy atom. The third kappa shape index (κ3) is 2.56. The molecule has 21 heavy (non-hydrogen) atoms. The highest BCUT2D eigenvalue weighted by atomic mass is 16.5. The van der Waals surface area contributed by atoms with Crippen molar-refractivity contribution in [3.05, 3.63) is 24.2 Å². The van der Waals surface area contributed by atoms with Crippen molar-refractivity contribution >= 4 is 11.2 Å². The maximum atomic E-state index is 5.54. The van der Waals surface area contributed by atoms with Crippen LogP contribution in [0.15, 0.2) is 18.3 Å². The summed E-state index contributed by atoms with van der Waals surface area (Å²) in [6.45, 7) is 4.94. The van der Waals surface area contributed by atoms with Gasteiger partial charge in [0.1, 0.15) is 11.3 Å². The number of piperidine rings is 1. The Morgan fingerprint density at radius 3 is 3.00 bits per heavy atom. The number of rotatable bonds is 3. The first-order chi connectivity index (χ1) is 10.4. The standard InChI is InChI=1S/C16H22N4O/c1-2-14-16(18-6-1)20(10-12-5-9-21-11-12)15(19-14)13-3-7-17-8-4-13/h1-2,6,12-13,17H,3-5,7-11H2. The predicted octanol–water partition coefficient (Wildman–Crippen LogP) is 1.93. The molecule has 1 unspecified atom stereocenters. The molecule has 1 atom stereocenters. The van der Waals surface area contributed by atoms with E-state index < -0.39 is 0 Å². The summed E-state index contributed by atoms with van der Waals surface area (Å²) in [7, 11) is 0. The highest BCUT2D eigenvalue weighted by Gasteiger charge is 2.25. The average molecular weight is 286 g/mol. The summed E-state index contributed by atoms with van der Waals surface area (Å²) in [5.74, 6) is 2.39. The number of hydrogen-bond acceptors (Lipinski definition) is 4. The molecule has 0 amide bonds. The average Bonchev–Trinajstić information content (AvgIpc) is 3.17. The Labute approximate surface area is 124 Å². The SMILES string of the molecule is c1cnc2c(c1)nc(C1CCNCC1)n2CC1CCOC1. The molecule has 2 aromatic rings. The van der Waals surface area contributed by atoms with E-state index >= 15 is 0 Å². The maximum Gasteiger partial charge on any atom is 0.160 e. The van der Waals surface area contributed by atoms with Gasteiger partial charge in [-0.2, -0.15) is 0 Å². The summed E-state index contributed by atoms with van der Waals surface area (Å²) in [6.07, 6.45) is 5.37. The topological polar surface area (TPSA) is 52.0 Å². The van der Waals surface area contributed by atoms with Gasteiger partial charge in [0, 0.05) is 31.2 Å². The summed E-state index contributed by atoms with van der Waals surface area (Å²) in [4.78, 5) is 9.49. The van der Waals surface area contributed by atoms with Crippen molar-refractivity contribution in [1.29, 1.82) is 0 Å². The predicted molar refractivity (Wildman–Crippen MR) is 81.3 cm³/mol. The zero-order chi connectivity index (χ0) is 14.1. The second-order valence-electron chi connectivity index (χ2n) is 6.18. The van der Waals surface area contributed by atoms with Gasteiger partial charge in [0.15, 0.2) is 5.65 Å². The quantitative estimate of drug-likeness (QED) is 0.937. The number of ether oxygens (including phenoxy) is 1. The van der Waals surface area contributed by atoms with E-state index in [4.69, 9.17) is 9.72 Å². The van der Waals surface area contributed by atoms with Gasteiger partial charge in [-0.15, -0.1) is 0 Å². The summed E-state index contributed by atoms with van der Waals surface area (Å²) in [5, 5.41) is 3.44. The molecule has 4 rings (SSSR count). The molecule has 0 aliphatic carbocycles. The summed E-state index contributed by atoms with van der Waals surface area (Å²) in [6, 6.07) is 4.05. The first-order valence-electron chi connectivity index (χ1n) is 8.01. The molecule has 112 valence electrons. The minimum atomic E-state index is 0.558. The van der Waals surface area contributed by atoms with Crippen LogP contribution in [-0.2, 0) is 11.3 Å².